The van der Waals surface area contributed by atoms with Crippen molar-refractivity contribution in [1.82, 2.24) is 4.98 Å². The Bertz CT molecular complexity index is 465. The Morgan fingerprint density at radius 3 is 2.44 bits per heavy atom. The molecule has 0 saturated heterocycles. The summed E-state index contributed by atoms with van der Waals surface area (Å²) in [5.41, 5.74) is 7.22. The van der Waals surface area contributed by atoms with Crippen LogP contribution in [-0.4, -0.2) is 4.98 Å². The van der Waals surface area contributed by atoms with Crippen molar-refractivity contribution in [1.29, 1.82) is 0 Å². The van der Waals surface area contributed by atoms with Crippen LogP contribution in [0.15, 0.2) is 28.7 Å². The van der Waals surface area contributed by atoms with Gasteiger partial charge in [0.25, 0.3) is 0 Å². The molecule has 0 unspecified atom stereocenters. The maximum atomic E-state index is 5.79. The molecule has 2 N–H and O–H groups in total. The van der Waals surface area contributed by atoms with Gasteiger partial charge in [0.15, 0.2) is 0 Å². The molecule has 0 aliphatic heterocycles. The quantitative estimate of drug-likeness (QED) is 0.901. The smallest absolute Gasteiger partial charge is 0.226 e. The van der Waals surface area contributed by atoms with Gasteiger partial charge < -0.3 is 10.2 Å². The zero-order valence-corrected chi connectivity index (χ0v) is 10.3. The fourth-order valence-electron chi connectivity index (χ4n) is 1.33. The number of nitrogens with zero attached hydrogens (tertiary/aromatic N) is 1. The summed E-state index contributed by atoms with van der Waals surface area (Å²) in [5, 5.41) is 0.695. The summed E-state index contributed by atoms with van der Waals surface area (Å²) < 4.78 is 5.50. The molecule has 1 aromatic carbocycles. The highest BCUT2D eigenvalue weighted by atomic mass is 35.5. The fourth-order valence-corrected chi connectivity index (χ4v) is 1.46. The van der Waals surface area contributed by atoms with Gasteiger partial charge in [-0.3, -0.25) is 0 Å². The van der Waals surface area contributed by atoms with Crippen LogP contribution in [-0.2, 0) is 6.54 Å². The van der Waals surface area contributed by atoms with Gasteiger partial charge in [-0.25, -0.2) is 4.98 Å². The number of hydrogen-bond donors (Lipinski definition) is 1. The first-order valence-electron chi connectivity index (χ1n) is 4.63. The first-order chi connectivity index (χ1) is 7.20. The molecule has 0 saturated carbocycles. The lowest BCUT2D eigenvalue weighted by atomic mass is 10.2. The summed E-state index contributed by atoms with van der Waals surface area (Å²) in [6.07, 6.45) is 0. The number of benzene rings is 1. The minimum Gasteiger partial charge on any atom is -0.441 e. The van der Waals surface area contributed by atoms with Gasteiger partial charge >= 0.3 is 0 Å². The van der Waals surface area contributed by atoms with Crippen LogP contribution in [0.4, 0.5) is 0 Å². The van der Waals surface area contributed by atoms with E-state index in [9.17, 15) is 0 Å². The Morgan fingerprint density at radius 1 is 1.31 bits per heavy atom. The molecule has 0 spiro atoms. The molecule has 1 aromatic heterocycles. The molecule has 1 heterocycles. The Kier molecular flexibility index (Phi) is 4.35. The largest absolute Gasteiger partial charge is 0.441 e. The van der Waals surface area contributed by atoms with Gasteiger partial charge in [0.2, 0.25) is 5.89 Å². The van der Waals surface area contributed by atoms with Crippen molar-refractivity contribution in [2.75, 3.05) is 0 Å². The molecule has 2 aromatic rings. The number of oxazole rings is 1. The second-order valence-corrected chi connectivity index (χ2v) is 3.67. The molecule has 0 atom stereocenters. The number of aryl methyl sites for hydroxylation is 1. The van der Waals surface area contributed by atoms with E-state index in [1.54, 1.807) is 12.1 Å². The molecule has 0 aliphatic rings. The highest BCUT2D eigenvalue weighted by Crippen LogP contribution is 2.22. The molecule has 5 heteroatoms. The minimum atomic E-state index is 0. The van der Waals surface area contributed by atoms with Crippen molar-refractivity contribution in [2.45, 2.75) is 13.5 Å². The zero-order valence-electron chi connectivity index (χ0n) is 8.74. The molecule has 3 nitrogen and oxygen atoms in total. The molecule has 16 heavy (non-hydrogen) atoms. The van der Waals surface area contributed by atoms with E-state index >= 15 is 0 Å². The second-order valence-electron chi connectivity index (χ2n) is 3.23. The van der Waals surface area contributed by atoms with Crippen molar-refractivity contribution in [3.05, 3.63) is 40.7 Å². The predicted molar refractivity (Wildman–Crippen MR) is 66.8 cm³/mol. The standard InChI is InChI=1S/C11H11ClN2O.ClH/c1-7-10(6-13)14-11(15-7)8-2-4-9(12)5-3-8;/h2-5H,6,13H2,1H3;1H. The fraction of sp³-hybridized carbons (Fsp3) is 0.182. The van der Waals surface area contributed by atoms with E-state index in [4.69, 9.17) is 21.8 Å². The number of rotatable bonds is 2. The van der Waals surface area contributed by atoms with Crippen LogP contribution < -0.4 is 5.73 Å². The lowest BCUT2D eigenvalue weighted by Gasteiger charge is -1.94. The van der Waals surface area contributed by atoms with Crippen LogP contribution >= 0.6 is 24.0 Å². The number of hydrogen-bond acceptors (Lipinski definition) is 3. The van der Waals surface area contributed by atoms with Gasteiger partial charge in [0, 0.05) is 17.1 Å². The van der Waals surface area contributed by atoms with E-state index in [2.05, 4.69) is 4.98 Å². The van der Waals surface area contributed by atoms with Crippen molar-refractivity contribution in [2.24, 2.45) is 5.73 Å². The third-order valence-corrected chi connectivity index (χ3v) is 2.43. The van der Waals surface area contributed by atoms with Crippen LogP contribution in [0.1, 0.15) is 11.5 Å². The predicted octanol–water partition coefficient (Wildman–Crippen LogP) is 3.18. The van der Waals surface area contributed by atoms with Crippen molar-refractivity contribution in [3.63, 3.8) is 0 Å². The zero-order chi connectivity index (χ0) is 10.8. The average molecular weight is 259 g/mol. The summed E-state index contributed by atoms with van der Waals surface area (Å²) in [4.78, 5) is 4.29. The molecule has 0 aliphatic carbocycles. The lowest BCUT2D eigenvalue weighted by Crippen LogP contribution is -1.97. The van der Waals surface area contributed by atoms with E-state index in [1.165, 1.54) is 0 Å². The Labute approximate surface area is 105 Å². The first kappa shape index (κ1) is 13.0. The molecule has 86 valence electrons. The second kappa shape index (κ2) is 5.34. The molecule has 0 bridgehead atoms. The molecular formula is C11H12Cl2N2O. The summed E-state index contributed by atoms with van der Waals surface area (Å²) in [6, 6.07) is 7.35. The SMILES string of the molecule is Cc1oc(-c2ccc(Cl)cc2)nc1CN.Cl. The van der Waals surface area contributed by atoms with E-state index in [-0.39, 0.29) is 12.4 Å². The topological polar surface area (TPSA) is 52.0 Å². The van der Waals surface area contributed by atoms with Crippen LogP contribution in [0.25, 0.3) is 11.5 Å². The van der Waals surface area contributed by atoms with Crippen molar-refractivity contribution in [3.8, 4) is 11.5 Å². The molecule has 0 amide bonds. The molecule has 0 fully saturated rings. The molecular weight excluding hydrogens is 247 g/mol. The van der Waals surface area contributed by atoms with Gasteiger partial charge in [-0.2, -0.15) is 0 Å². The highest BCUT2D eigenvalue weighted by molar-refractivity contribution is 6.30. The van der Waals surface area contributed by atoms with Gasteiger partial charge in [-0.05, 0) is 31.2 Å². The van der Waals surface area contributed by atoms with Crippen LogP contribution in [0.5, 0.6) is 0 Å². The van der Waals surface area contributed by atoms with Crippen molar-refractivity contribution >= 4 is 24.0 Å². The minimum absolute atomic E-state index is 0. The molecule has 0 radical (unpaired) electrons. The summed E-state index contributed by atoms with van der Waals surface area (Å²) in [5.74, 6) is 1.35. The molecule has 2 rings (SSSR count). The highest BCUT2D eigenvalue weighted by Gasteiger charge is 2.09. The van der Waals surface area contributed by atoms with Gasteiger partial charge in [-0.1, -0.05) is 11.6 Å². The number of aromatic nitrogens is 1. The third kappa shape index (κ3) is 2.55. The van der Waals surface area contributed by atoms with Gasteiger partial charge in [-0.15, -0.1) is 12.4 Å². The maximum absolute atomic E-state index is 5.79. The van der Waals surface area contributed by atoms with E-state index < -0.39 is 0 Å². The van der Waals surface area contributed by atoms with Gasteiger partial charge in [0.1, 0.15) is 5.76 Å². The lowest BCUT2D eigenvalue weighted by molar-refractivity contribution is 0.539. The average Bonchev–Trinajstić information content (AvgIpc) is 2.61. The van der Waals surface area contributed by atoms with Crippen LogP contribution in [0, 0.1) is 6.92 Å². The number of halogens is 2. The Balaban J connectivity index is 0.00000128. The summed E-state index contributed by atoms with van der Waals surface area (Å²) >= 11 is 5.79. The van der Waals surface area contributed by atoms with E-state index in [1.807, 2.05) is 19.1 Å². The van der Waals surface area contributed by atoms with Crippen LogP contribution in [0.3, 0.4) is 0 Å². The number of nitrogens with two attached hydrogens (primary N) is 1. The first-order valence-corrected chi connectivity index (χ1v) is 5.01. The van der Waals surface area contributed by atoms with Crippen molar-refractivity contribution < 1.29 is 4.42 Å². The summed E-state index contributed by atoms with van der Waals surface area (Å²) in [7, 11) is 0. The van der Waals surface area contributed by atoms with Crippen LogP contribution in [0.2, 0.25) is 5.02 Å². The third-order valence-electron chi connectivity index (χ3n) is 2.18. The maximum Gasteiger partial charge on any atom is 0.226 e. The van der Waals surface area contributed by atoms with E-state index in [0.717, 1.165) is 17.0 Å². The van der Waals surface area contributed by atoms with E-state index in [0.29, 0.717) is 17.5 Å². The Morgan fingerprint density at radius 2 is 1.94 bits per heavy atom. The normalized spacial score (nSPS) is 9.94. The van der Waals surface area contributed by atoms with Gasteiger partial charge in [0.05, 0.1) is 5.69 Å². The monoisotopic (exact) mass is 258 g/mol. The Hall–Kier alpha value is -1.03. The summed E-state index contributed by atoms with van der Waals surface area (Å²) in [6.45, 7) is 2.25.